The van der Waals surface area contributed by atoms with Gasteiger partial charge >= 0.3 is 6.18 Å². The maximum absolute atomic E-state index is 12.9. The molecule has 0 aliphatic heterocycles. The molecule has 112 valence electrons. The summed E-state index contributed by atoms with van der Waals surface area (Å²) in [4.78, 5) is 12.5. The Hall–Kier alpha value is -0.590. The molecule has 2 nitrogen and oxygen atoms in total. The highest BCUT2D eigenvalue weighted by molar-refractivity contribution is 6.18. The molecule has 0 bridgehead atoms. The molecular formula is C11H15ClF5NO. The Morgan fingerprint density at radius 1 is 1.26 bits per heavy atom. The lowest BCUT2D eigenvalue weighted by molar-refractivity contribution is -0.165. The molecule has 1 rings (SSSR count). The van der Waals surface area contributed by atoms with Crippen LogP contribution >= 0.6 is 11.6 Å². The Bertz CT molecular complexity index is 311. The third kappa shape index (κ3) is 5.50. The van der Waals surface area contributed by atoms with Gasteiger partial charge in [0.05, 0.1) is 0 Å². The van der Waals surface area contributed by atoms with Gasteiger partial charge in [-0.1, -0.05) is 0 Å². The summed E-state index contributed by atoms with van der Waals surface area (Å²) >= 11 is 5.37. The number of alkyl halides is 6. The number of halogens is 6. The first-order valence-electron chi connectivity index (χ1n) is 5.94. The van der Waals surface area contributed by atoms with Crippen LogP contribution in [0.1, 0.15) is 25.7 Å². The number of carbonyl (C=O) groups excluding carboxylic acids is 1. The van der Waals surface area contributed by atoms with Crippen molar-refractivity contribution >= 4 is 17.5 Å². The highest BCUT2D eigenvalue weighted by atomic mass is 35.5. The molecule has 1 fully saturated rings. The van der Waals surface area contributed by atoms with E-state index in [1.54, 1.807) is 0 Å². The number of amides is 1. The zero-order valence-electron chi connectivity index (χ0n) is 10.2. The van der Waals surface area contributed by atoms with E-state index in [-0.39, 0.29) is 25.3 Å². The van der Waals surface area contributed by atoms with Crippen molar-refractivity contribution in [3.05, 3.63) is 0 Å². The van der Waals surface area contributed by atoms with Gasteiger partial charge in [0.1, 0.15) is 6.54 Å². The van der Waals surface area contributed by atoms with Crippen molar-refractivity contribution in [3.8, 4) is 0 Å². The van der Waals surface area contributed by atoms with Gasteiger partial charge in [-0.05, 0) is 12.8 Å². The van der Waals surface area contributed by atoms with Gasteiger partial charge in [0.2, 0.25) is 11.8 Å². The van der Waals surface area contributed by atoms with Crippen molar-refractivity contribution in [1.82, 2.24) is 4.90 Å². The van der Waals surface area contributed by atoms with E-state index in [4.69, 9.17) is 11.6 Å². The quantitative estimate of drug-likeness (QED) is 0.575. The van der Waals surface area contributed by atoms with Gasteiger partial charge in [0, 0.05) is 31.2 Å². The number of nitrogens with zero attached hydrogens (tertiary/aromatic N) is 1. The van der Waals surface area contributed by atoms with Crippen LogP contribution in [0.4, 0.5) is 22.0 Å². The molecule has 0 atom stereocenters. The number of hydrogen-bond acceptors (Lipinski definition) is 1. The standard InChI is InChI=1S/C11H15ClF5NO/c12-5-6-18(7-11(15,16)17)9(19)8-1-3-10(13,14)4-2-8/h8H,1-7H2. The largest absolute Gasteiger partial charge is 0.406 e. The smallest absolute Gasteiger partial charge is 0.332 e. The van der Waals surface area contributed by atoms with E-state index in [9.17, 15) is 26.7 Å². The molecule has 0 N–H and O–H groups in total. The second-order valence-electron chi connectivity index (χ2n) is 4.69. The van der Waals surface area contributed by atoms with Gasteiger partial charge in [0.25, 0.3) is 0 Å². The third-order valence-corrected chi connectivity index (χ3v) is 3.27. The molecule has 0 aromatic heterocycles. The van der Waals surface area contributed by atoms with E-state index in [0.717, 1.165) is 0 Å². The van der Waals surface area contributed by atoms with Crippen molar-refractivity contribution < 1.29 is 26.7 Å². The molecule has 1 aliphatic carbocycles. The summed E-state index contributed by atoms with van der Waals surface area (Å²) in [6.45, 7) is -1.61. The maximum atomic E-state index is 12.9. The van der Waals surface area contributed by atoms with E-state index >= 15 is 0 Å². The zero-order valence-corrected chi connectivity index (χ0v) is 10.9. The fourth-order valence-corrected chi connectivity index (χ4v) is 2.33. The van der Waals surface area contributed by atoms with Gasteiger partial charge in [-0.3, -0.25) is 4.79 Å². The molecule has 19 heavy (non-hydrogen) atoms. The molecule has 0 heterocycles. The lowest BCUT2D eigenvalue weighted by Crippen LogP contribution is -2.44. The number of rotatable bonds is 4. The van der Waals surface area contributed by atoms with Crippen LogP contribution in [0.2, 0.25) is 0 Å². The topological polar surface area (TPSA) is 20.3 Å². The molecule has 0 aromatic carbocycles. The van der Waals surface area contributed by atoms with E-state index < -0.39 is 43.3 Å². The first kappa shape index (κ1) is 16.5. The molecule has 1 aliphatic rings. The summed E-state index contributed by atoms with van der Waals surface area (Å²) < 4.78 is 62.8. The molecule has 1 amide bonds. The van der Waals surface area contributed by atoms with Crippen molar-refractivity contribution in [3.63, 3.8) is 0 Å². The average Bonchev–Trinajstić information content (AvgIpc) is 2.26. The van der Waals surface area contributed by atoms with Gasteiger partial charge in [-0.2, -0.15) is 13.2 Å². The lowest BCUT2D eigenvalue weighted by atomic mass is 9.86. The predicted octanol–water partition coefficient (Wildman–Crippen LogP) is 3.44. The molecule has 0 spiro atoms. The summed E-state index contributed by atoms with van der Waals surface area (Å²) in [5.74, 6) is -4.42. The zero-order chi connectivity index (χ0) is 14.7. The summed E-state index contributed by atoms with van der Waals surface area (Å²) in [6.07, 6.45) is -5.58. The summed E-state index contributed by atoms with van der Waals surface area (Å²) in [6, 6.07) is 0. The van der Waals surface area contributed by atoms with Crippen LogP contribution in [-0.2, 0) is 4.79 Å². The second-order valence-corrected chi connectivity index (χ2v) is 5.07. The van der Waals surface area contributed by atoms with E-state index in [1.165, 1.54) is 0 Å². The molecule has 8 heteroatoms. The Morgan fingerprint density at radius 3 is 2.21 bits per heavy atom. The summed E-state index contributed by atoms with van der Waals surface area (Å²) in [7, 11) is 0. The molecule has 0 saturated heterocycles. The van der Waals surface area contributed by atoms with E-state index in [1.807, 2.05) is 0 Å². The van der Waals surface area contributed by atoms with Gasteiger partial charge in [-0.15, -0.1) is 11.6 Å². The van der Waals surface area contributed by atoms with Crippen LogP contribution in [0.25, 0.3) is 0 Å². The Morgan fingerprint density at radius 2 is 1.79 bits per heavy atom. The van der Waals surface area contributed by atoms with Gasteiger partial charge in [0.15, 0.2) is 0 Å². The van der Waals surface area contributed by atoms with Gasteiger partial charge in [-0.25, -0.2) is 8.78 Å². The van der Waals surface area contributed by atoms with E-state index in [0.29, 0.717) is 4.90 Å². The Kier molecular flexibility index (Phi) is 5.41. The van der Waals surface area contributed by atoms with Crippen LogP contribution in [0, 0.1) is 5.92 Å². The fourth-order valence-electron chi connectivity index (χ4n) is 2.13. The first-order valence-corrected chi connectivity index (χ1v) is 6.47. The average molecular weight is 308 g/mol. The Balaban J connectivity index is 2.62. The molecule has 0 radical (unpaired) electrons. The maximum Gasteiger partial charge on any atom is 0.406 e. The highest BCUT2D eigenvalue weighted by Gasteiger charge is 2.40. The predicted molar refractivity (Wildman–Crippen MR) is 60.3 cm³/mol. The molecule has 1 saturated carbocycles. The van der Waals surface area contributed by atoms with Crippen LogP contribution in [0.5, 0.6) is 0 Å². The monoisotopic (exact) mass is 307 g/mol. The van der Waals surface area contributed by atoms with Crippen LogP contribution in [-0.4, -0.2) is 41.9 Å². The number of hydrogen-bond donors (Lipinski definition) is 0. The Labute approximate surface area is 112 Å². The van der Waals surface area contributed by atoms with Crippen molar-refractivity contribution in [1.29, 1.82) is 0 Å². The lowest BCUT2D eigenvalue weighted by Gasteiger charge is -2.32. The molecule has 0 unspecified atom stereocenters. The second kappa shape index (κ2) is 6.24. The molecular weight excluding hydrogens is 293 g/mol. The van der Waals surface area contributed by atoms with Crippen LogP contribution in [0.3, 0.4) is 0 Å². The SMILES string of the molecule is O=C(C1CCC(F)(F)CC1)N(CCCl)CC(F)(F)F. The summed E-state index contributed by atoms with van der Waals surface area (Å²) in [5, 5.41) is 0. The van der Waals surface area contributed by atoms with Crippen molar-refractivity contribution in [2.45, 2.75) is 37.8 Å². The fraction of sp³-hybridized carbons (Fsp3) is 0.909. The van der Waals surface area contributed by atoms with E-state index in [2.05, 4.69) is 0 Å². The normalized spacial score (nSPS) is 20.3. The summed E-state index contributed by atoms with van der Waals surface area (Å²) in [5.41, 5.74) is 0. The minimum absolute atomic E-state index is 0.0809. The third-order valence-electron chi connectivity index (χ3n) is 3.10. The minimum Gasteiger partial charge on any atom is -0.332 e. The minimum atomic E-state index is -4.51. The highest BCUT2D eigenvalue weighted by Crippen LogP contribution is 2.37. The van der Waals surface area contributed by atoms with Crippen molar-refractivity contribution in [2.75, 3.05) is 19.0 Å². The van der Waals surface area contributed by atoms with Crippen molar-refractivity contribution in [2.24, 2.45) is 5.92 Å². The first-order chi connectivity index (χ1) is 8.64. The molecule has 0 aromatic rings. The van der Waals surface area contributed by atoms with Crippen LogP contribution < -0.4 is 0 Å². The van der Waals surface area contributed by atoms with Gasteiger partial charge < -0.3 is 4.90 Å². The van der Waals surface area contributed by atoms with Crippen LogP contribution in [0.15, 0.2) is 0 Å². The number of carbonyl (C=O) groups is 1.